The van der Waals surface area contributed by atoms with Crippen LogP contribution < -0.4 is 0 Å². The molecule has 1 heteroatoms. The summed E-state index contributed by atoms with van der Waals surface area (Å²) in [5, 5.41) is 0. The Labute approximate surface area is 123 Å². The van der Waals surface area contributed by atoms with Gasteiger partial charge in [-0.15, -0.1) is 0 Å². The zero-order chi connectivity index (χ0) is 13.9. The predicted octanol–water partition coefficient (Wildman–Crippen LogP) is 4.62. The largest absolute Gasteiger partial charge is 0.300 e. The van der Waals surface area contributed by atoms with Gasteiger partial charge in [0.05, 0.1) is 0 Å². The molecular formula is C19H28O. The van der Waals surface area contributed by atoms with Crippen LogP contribution in [0.1, 0.15) is 58.8 Å². The lowest BCUT2D eigenvalue weighted by atomic mass is 9.52. The Morgan fingerprint density at radius 3 is 2.80 bits per heavy atom. The summed E-state index contributed by atoms with van der Waals surface area (Å²) < 4.78 is 0. The highest BCUT2D eigenvalue weighted by Crippen LogP contribution is 2.62. The number of rotatable bonds is 0. The molecule has 0 amide bonds. The van der Waals surface area contributed by atoms with Crippen molar-refractivity contribution in [1.29, 1.82) is 0 Å². The van der Waals surface area contributed by atoms with Crippen LogP contribution in [0.4, 0.5) is 0 Å². The maximum atomic E-state index is 11.7. The molecule has 4 rings (SSSR count). The summed E-state index contributed by atoms with van der Waals surface area (Å²) in [5.74, 6) is 5.46. The van der Waals surface area contributed by atoms with E-state index in [1.165, 1.54) is 32.1 Å². The molecule has 0 heterocycles. The third-order valence-corrected chi connectivity index (χ3v) is 7.76. The molecular weight excluding hydrogens is 244 g/mol. The maximum absolute atomic E-state index is 11.7. The van der Waals surface area contributed by atoms with Crippen LogP contribution in [0.2, 0.25) is 0 Å². The minimum Gasteiger partial charge on any atom is -0.300 e. The average Bonchev–Trinajstić information content (AvgIpc) is 2.74. The fraction of sp³-hybridized carbons (Fsp3) is 0.842. The Bertz CT molecular complexity index is 451. The fourth-order valence-corrected chi connectivity index (χ4v) is 6.33. The monoisotopic (exact) mass is 272 g/mol. The lowest BCUT2D eigenvalue weighted by Crippen LogP contribution is -2.46. The van der Waals surface area contributed by atoms with Gasteiger partial charge in [-0.2, -0.15) is 0 Å². The SMILES string of the molecule is C[C@H]1CCC2C3C=CC4CC(=O)CCC4C3CC[C@@]21C. The minimum absolute atomic E-state index is 0.504. The van der Waals surface area contributed by atoms with Crippen LogP contribution in [0.3, 0.4) is 0 Å². The van der Waals surface area contributed by atoms with Gasteiger partial charge in [0.25, 0.3) is 0 Å². The van der Waals surface area contributed by atoms with E-state index in [0.717, 1.165) is 42.4 Å². The van der Waals surface area contributed by atoms with E-state index in [4.69, 9.17) is 0 Å². The van der Waals surface area contributed by atoms with Crippen LogP contribution in [-0.2, 0) is 4.79 Å². The third kappa shape index (κ3) is 1.71. The van der Waals surface area contributed by atoms with E-state index in [0.29, 0.717) is 17.1 Å². The quantitative estimate of drug-likeness (QED) is 0.588. The molecule has 0 saturated heterocycles. The zero-order valence-electron chi connectivity index (χ0n) is 13.0. The maximum Gasteiger partial charge on any atom is 0.133 e. The first-order valence-electron chi connectivity index (χ1n) is 8.79. The Morgan fingerprint density at radius 2 is 1.95 bits per heavy atom. The molecule has 20 heavy (non-hydrogen) atoms. The van der Waals surface area contributed by atoms with E-state index < -0.39 is 0 Å². The number of allylic oxidation sites excluding steroid dienone is 2. The lowest BCUT2D eigenvalue weighted by Gasteiger charge is -2.53. The van der Waals surface area contributed by atoms with Gasteiger partial charge in [0, 0.05) is 12.8 Å². The third-order valence-electron chi connectivity index (χ3n) is 7.76. The van der Waals surface area contributed by atoms with Gasteiger partial charge >= 0.3 is 0 Å². The van der Waals surface area contributed by atoms with Crippen molar-refractivity contribution in [2.24, 2.45) is 40.9 Å². The summed E-state index contributed by atoms with van der Waals surface area (Å²) in [6.45, 7) is 5.05. The van der Waals surface area contributed by atoms with Crippen molar-refractivity contribution in [3.63, 3.8) is 0 Å². The van der Waals surface area contributed by atoms with Crippen LogP contribution in [0.15, 0.2) is 12.2 Å². The molecule has 0 radical (unpaired) electrons. The number of hydrogen-bond donors (Lipinski definition) is 0. The zero-order valence-corrected chi connectivity index (χ0v) is 13.0. The molecule has 0 spiro atoms. The number of Topliss-reactive ketones (excluding diaryl/α,β-unsaturated/α-hetero) is 1. The smallest absolute Gasteiger partial charge is 0.133 e. The summed E-state index contributed by atoms with van der Waals surface area (Å²) >= 11 is 0. The van der Waals surface area contributed by atoms with Crippen molar-refractivity contribution in [2.75, 3.05) is 0 Å². The van der Waals surface area contributed by atoms with Crippen LogP contribution in [0.25, 0.3) is 0 Å². The van der Waals surface area contributed by atoms with Crippen molar-refractivity contribution in [3.8, 4) is 0 Å². The molecule has 7 atom stereocenters. The van der Waals surface area contributed by atoms with Gasteiger partial charge in [-0.1, -0.05) is 26.0 Å². The minimum atomic E-state index is 0.504. The van der Waals surface area contributed by atoms with Gasteiger partial charge in [0.15, 0.2) is 0 Å². The first-order chi connectivity index (χ1) is 9.59. The molecule has 0 aromatic heterocycles. The van der Waals surface area contributed by atoms with Gasteiger partial charge < -0.3 is 0 Å². The molecule has 4 aliphatic carbocycles. The number of hydrogen-bond acceptors (Lipinski definition) is 1. The molecule has 0 aromatic carbocycles. The summed E-state index contributed by atoms with van der Waals surface area (Å²) in [6, 6.07) is 0. The second kappa shape index (κ2) is 4.45. The molecule has 3 saturated carbocycles. The Balaban J connectivity index is 1.64. The van der Waals surface area contributed by atoms with E-state index in [-0.39, 0.29) is 0 Å². The van der Waals surface area contributed by atoms with E-state index in [9.17, 15) is 4.79 Å². The van der Waals surface area contributed by atoms with Gasteiger partial charge in [0.1, 0.15) is 5.78 Å². The molecule has 0 bridgehead atoms. The molecule has 0 aromatic rings. The van der Waals surface area contributed by atoms with Crippen molar-refractivity contribution in [3.05, 3.63) is 12.2 Å². The number of fused-ring (bicyclic) bond motifs is 5. The number of carbonyl (C=O) groups is 1. The van der Waals surface area contributed by atoms with Crippen LogP contribution in [-0.4, -0.2) is 5.78 Å². The summed E-state index contributed by atoms with van der Waals surface area (Å²) in [7, 11) is 0. The fourth-order valence-electron chi connectivity index (χ4n) is 6.33. The molecule has 5 unspecified atom stereocenters. The highest BCUT2D eigenvalue weighted by molar-refractivity contribution is 5.79. The molecule has 0 aliphatic heterocycles. The summed E-state index contributed by atoms with van der Waals surface area (Å²) in [6.07, 6.45) is 13.6. The predicted molar refractivity (Wildman–Crippen MR) is 81.2 cm³/mol. The van der Waals surface area contributed by atoms with E-state index >= 15 is 0 Å². The van der Waals surface area contributed by atoms with Crippen molar-refractivity contribution >= 4 is 5.78 Å². The molecule has 1 nitrogen and oxygen atoms in total. The normalized spacial score (nSPS) is 54.2. The van der Waals surface area contributed by atoms with Crippen LogP contribution >= 0.6 is 0 Å². The van der Waals surface area contributed by atoms with Gasteiger partial charge in [-0.05, 0) is 73.0 Å². The second-order valence-corrected chi connectivity index (χ2v) is 8.36. The van der Waals surface area contributed by atoms with E-state index in [2.05, 4.69) is 26.0 Å². The highest BCUT2D eigenvalue weighted by Gasteiger charge is 2.54. The summed E-state index contributed by atoms with van der Waals surface area (Å²) in [4.78, 5) is 11.7. The topological polar surface area (TPSA) is 17.1 Å². The van der Waals surface area contributed by atoms with Gasteiger partial charge in [0.2, 0.25) is 0 Å². The Morgan fingerprint density at radius 1 is 1.10 bits per heavy atom. The van der Waals surface area contributed by atoms with Gasteiger partial charge in [-0.3, -0.25) is 4.79 Å². The molecule has 3 fully saturated rings. The lowest BCUT2D eigenvalue weighted by molar-refractivity contribution is -0.123. The molecule has 110 valence electrons. The number of ketones is 1. The standard InChI is InChI=1S/C19H28O/c1-12-3-8-18-17-6-4-13-11-14(20)5-7-15(13)16(17)9-10-19(12,18)2/h4,6,12-13,15-18H,3,5,7-11H2,1-2H3/t12-,13?,15?,16?,17?,18?,19+/m0/s1. The van der Waals surface area contributed by atoms with E-state index in [1.54, 1.807) is 0 Å². The average molecular weight is 272 g/mol. The number of carbonyl (C=O) groups excluding carboxylic acids is 1. The van der Waals surface area contributed by atoms with E-state index in [1.807, 2.05) is 0 Å². The van der Waals surface area contributed by atoms with Gasteiger partial charge in [-0.25, -0.2) is 0 Å². The van der Waals surface area contributed by atoms with Crippen molar-refractivity contribution < 1.29 is 4.79 Å². The van der Waals surface area contributed by atoms with Crippen LogP contribution in [0, 0.1) is 40.9 Å². The van der Waals surface area contributed by atoms with Crippen molar-refractivity contribution in [2.45, 2.75) is 58.8 Å². The first-order valence-corrected chi connectivity index (χ1v) is 8.79. The van der Waals surface area contributed by atoms with Crippen LogP contribution in [0.5, 0.6) is 0 Å². The molecule has 4 aliphatic rings. The Hall–Kier alpha value is -0.590. The Kier molecular flexibility index (Phi) is 2.91. The van der Waals surface area contributed by atoms with Crippen molar-refractivity contribution in [1.82, 2.24) is 0 Å². The highest BCUT2D eigenvalue weighted by atomic mass is 16.1. The first kappa shape index (κ1) is 13.1. The second-order valence-electron chi connectivity index (χ2n) is 8.36. The summed E-state index contributed by atoms with van der Waals surface area (Å²) in [5.41, 5.74) is 0.600. The molecule has 0 N–H and O–H groups in total.